The number of ether oxygens (including phenoxy) is 1. The number of nitrogens with one attached hydrogen (secondary N) is 1. The van der Waals surface area contributed by atoms with Gasteiger partial charge in [-0.3, -0.25) is 0 Å². The number of halogens is 2. The molecule has 1 N–H and O–H groups in total. The maximum atomic E-state index is 6.17. The third-order valence-electron chi connectivity index (χ3n) is 2.98. The highest BCUT2D eigenvalue weighted by atomic mass is 35.5. The van der Waals surface area contributed by atoms with E-state index in [1.165, 1.54) is 4.88 Å². The van der Waals surface area contributed by atoms with Crippen molar-refractivity contribution in [3.8, 4) is 5.75 Å². The van der Waals surface area contributed by atoms with E-state index < -0.39 is 0 Å². The van der Waals surface area contributed by atoms with Crippen molar-refractivity contribution in [3.05, 3.63) is 57.2 Å². The van der Waals surface area contributed by atoms with Gasteiger partial charge >= 0.3 is 0 Å². The topological polar surface area (TPSA) is 25.0 Å². The number of hydrogen-bond acceptors (Lipinski definition) is 2. The van der Waals surface area contributed by atoms with Gasteiger partial charge in [0, 0.05) is 17.5 Å². The van der Waals surface area contributed by atoms with Crippen molar-refractivity contribution in [2.45, 2.75) is 6.42 Å². The highest BCUT2D eigenvalue weighted by Gasteiger charge is 2.11. The molecule has 0 saturated carbocycles. The van der Waals surface area contributed by atoms with Crippen molar-refractivity contribution in [2.75, 3.05) is 6.61 Å². The smallest absolute Gasteiger partial charge is 0.130 e. The first kappa shape index (κ1) is 13.8. The summed E-state index contributed by atoms with van der Waals surface area (Å²) in [7, 11) is 0. The fraction of sp³-hybridized carbons (Fsp3) is 0.133. The second-order valence-electron chi connectivity index (χ2n) is 4.32. The van der Waals surface area contributed by atoms with Gasteiger partial charge in [-0.2, -0.15) is 0 Å². The van der Waals surface area contributed by atoms with Crippen LogP contribution in [0.1, 0.15) is 4.88 Å². The normalized spacial score (nSPS) is 11.1. The predicted octanol–water partition coefficient (Wildman–Crippen LogP) is 5.36. The third-order valence-corrected chi connectivity index (χ3v) is 4.49. The van der Waals surface area contributed by atoms with E-state index in [0.29, 0.717) is 16.7 Å². The Morgan fingerprint density at radius 2 is 2.10 bits per heavy atom. The molecule has 3 aromatic rings. The van der Waals surface area contributed by atoms with E-state index in [9.17, 15) is 0 Å². The molecule has 1 aromatic carbocycles. The second-order valence-corrected chi connectivity index (χ2v) is 6.16. The van der Waals surface area contributed by atoms with Crippen LogP contribution in [0.5, 0.6) is 5.75 Å². The molecule has 0 aliphatic heterocycles. The van der Waals surface area contributed by atoms with E-state index in [-0.39, 0.29) is 0 Å². The minimum atomic E-state index is 0.538. The Morgan fingerprint density at radius 1 is 1.20 bits per heavy atom. The highest BCUT2D eigenvalue weighted by molar-refractivity contribution is 7.09. The van der Waals surface area contributed by atoms with Crippen LogP contribution in [-0.2, 0) is 6.42 Å². The minimum Gasteiger partial charge on any atom is -0.493 e. The largest absolute Gasteiger partial charge is 0.493 e. The lowest BCUT2D eigenvalue weighted by Crippen LogP contribution is -2.00. The van der Waals surface area contributed by atoms with Crippen LogP contribution < -0.4 is 4.74 Å². The van der Waals surface area contributed by atoms with Crippen LogP contribution >= 0.6 is 34.5 Å². The zero-order valence-corrected chi connectivity index (χ0v) is 12.9. The van der Waals surface area contributed by atoms with Gasteiger partial charge in [-0.1, -0.05) is 29.3 Å². The Balaban J connectivity index is 1.68. The quantitative estimate of drug-likeness (QED) is 0.628. The number of aromatic nitrogens is 1. The number of H-pyrrole nitrogens is 1. The molecule has 5 heteroatoms. The maximum absolute atomic E-state index is 6.17. The van der Waals surface area contributed by atoms with Gasteiger partial charge in [0.1, 0.15) is 5.75 Å². The van der Waals surface area contributed by atoms with E-state index in [0.717, 1.165) is 23.1 Å². The van der Waals surface area contributed by atoms with Crippen molar-refractivity contribution in [1.82, 2.24) is 4.98 Å². The molecule has 0 saturated heterocycles. The Labute approximate surface area is 131 Å². The third kappa shape index (κ3) is 2.80. The monoisotopic (exact) mass is 324 g/mol. The molecular weight excluding hydrogens is 313 g/mol. The van der Waals surface area contributed by atoms with Gasteiger partial charge in [-0.15, -0.1) is 11.3 Å². The van der Waals surface area contributed by atoms with E-state index in [1.807, 2.05) is 12.1 Å². The summed E-state index contributed by atoms with van der Waals surface area (Å²) in [5.41, 5.74) is 0.812. The Kier molecular flexibility index (Phi) is 4.20. The molecule has 2 aromatic heterocycles. The van der Waals surface area contributed by atoms with E-state index in [1.54, 1.807) is 17.5 Å². The van der Waals surface area contributed by atoms with Gasteiger partial charge in [0.15, 0.2) is 0 Å². The molecule has 0 bridgehead atoms. The van der Waals surface area contributed by atoms with Crippen molar-refractivity contribution in [1.29, 1.82) is 0 Å². The van der Waals surface area contributed by atoms with Gasteiger partial charge < -0.3 is 9.72 Å². The van der Waals surface area contributed by atoms with Crippen LogP contribution in [0.15, 0.2) is 35.8 Å². The highest BCUT2D eigenvalue weighted by Crippen LogP contribution is 2.36. The van der Waals surface area contributed by atoms with Crippen LogP contribution in [0.2, 0.25) is 10.0 Å². The molecular formula is C15H12Cl2NOS. The van der Waals surface area contributed by atoms with Crippen molar-refractivity contribution in [2.24, 2.45) is 0 Å². The number of hydrogen-bond donors (Lipinski definition) is 1. The Hall–Kier alpha value is -1.16. The lowest BCUT2D eigenvalue weighted by molar-refractivity contribution is 0.351. The number of thiophene rings is 1. The summed E-state index contributed by atoms with van der Waals surface area (Å²) in [6, 6.07) is 7.83. The van der Waals surface area contributed by atoms with Gasteiger partial charge in [-0.25, -0.2) is 0 Å². The van der Waals surface area contributed by atoms with Crippen molar-refractivity contribution >= 4 is 45.4 Å². The maximum Gasteiger partial charge on any atom is 0.130 e. The molecule has 0 fully saturated rings. The zero-order chi connectivity index (χ0) is 13.9. The van der Waals surface area contributed by atoms with E-state index in [2.05, 4.69) is 28.9 Å². The lowest BCUT2D eigenvalue weighted by Gasteiger charge is -2.08. The number of rotatable bonds is 5. The van der Waals surface area contributed by atoms with E-state index in [4.69, 9.17) is 27.9 Å². The summed E-state index contributed by atoms with van der Waals surface area (Å²) in [5.74, 6) is 0.748. The van der Waals surface area contributed by atoms with Gasteiger partial charge in [0.2, 0.25) is 0 Å². The SMILES string of the molecule is Clc1ccc(OC[CH]Cc2cccs2)c2c(Cl)c[nH]c12. The molecule has 2 heterocycles. The molecule has 103 valence electrons. The minimum absolute atomic E-state index is 0.538. The molecule has 0 atom stereocenters. The first-order valence-electron chi connectivity index (χ1n) is 6.17. The molecule has 0 aliphatic carbocycles. The van der Waals surface area contributed by atoms with Crippen LogP contribution in [0.4, 0.5) is 0 Å². The molecule has 0 aliphatic rings. The van der Waals surface area contributed by atoms with Crippen LogP contribution in [0, 0.1) is 6.42 Å². The van der Waals surface area contributed by atoms with Crippen molar-refractivity contribution in [3.63, 3.8) is 0 Å². The first-order valence-corrected chi connectivity index (χ1v) is 7.81. The summed E-state index contributed by atoms with van der Waals surface area (Å²) in [6.07, 6.45) is 4.74. The van der Waals surface area contributed by atoms with Gasteiger partial charge in [0.05, 0.1) is 27.6 Å². The molecule has 0 unspecified atom stereocenters. The average Bonchev–Trinajstić information content (AvgIpc) is 3.08. The molecule has 0 spiro atoms. The number of benzene rings is 1. The Morgan fingerprint density at radius 3 is 2.90 bits per heavy atom. The molecule has 2 nitrogen and oxygen atoms in total. The van der Waals surface area contributed by atoms with Gasteiger partial charge in [-0.05, 0) is 30.0 Å². The fourth-order valence-corrected chi connectivity index (χ4v) is 3.20. The average molecular weight is 325 g/mol. The van der Waals surface area contributed by atoms with Crippen LogP contribution in [-0.4, -0.2) is 11.6 Å². The number of fused-ring (bicyclic) bond motifs is 1. The fourth-order valence-electron chi connectivity index (χ4n) is 2.04. The first-order chi connectivity index (χ1) is 9.75. The summed E-state index contributed by atoms with van der Waals surface area (Å²) >= 11 is 14.0. The van der Waals surface area contributed by atoms with E-state index >= 15 is 0 Å². The standard InChI is InChI=1S/C15H12Cl2NOS/c16-11-5-6-13(14-12(17)9-18-15(11)14)19-7-1-3-10-4-2-8-20-10/h1-2,4-6,8-9,18H,3,7H2. The predicted molar refractivity (Wildman–Crippen MR) is 86.1 cm³/mol. The molecule has 20 heavy (non-hydrogen) atoms. The molecule has 1 radical (unpaired) electrons. The van der Waals surface area contributed by atoms with Crippen molar-refractivity contribution < 1.29 is 4.74 Å². The summed E-state index contributed by atoms with van der Waals surface area (Å²) < 4.78 is 5.80. The lowest BCUT2D eigenvalue weighted by atomic mass is 10.2. The summed E-state index contributed by atoms with van der Waals surface area (Å²) in [5, 5.41) is 4.17. The van der Waals surface area contributed by atoms with Gasteiger partial charge in [0.25, 0.3) is 0 Å². The number of aromatic amines is 1. The Bertz CT molecular complexity index is 706. The summed E-state index contributed by atoms with van der Waals surface area (Å²) in [4.78, 5) is 4.39. The molecule has 0 amide bonds. The van der Waals surface area contributed by atoms with Crippen LogP contribution in [0.3, 0.4) is 0 Å². The summed E-state index contributed by atoms with van der Waals surface area (Å²) in [6.45, 7) is 0.538. The zero-order valence-electron chi connectivity index (χ0n) is 10.5. The van der Waals surface area contributed by atoms with Crippen LogP contribution in [0.25, 0.3) is 10.9 Å². The second kappa shape index (κ2) is 6.08. The molecule has 3 rings (SSSR count).